The summed E-state index contributed by atoms with van der Waals surface area (Å²) in [4.78, 5) is 17.6. The highest BCUT2D eigenvalue weighted by Crippen LogP contribution is 2.31. The summed E-state index contributed by atoms with van der Waals surface area (Å²) in [5.74, 6) is 1.68. The van der Waals surface area contributed by atoms with Crippen molar-refractivity contribution in [2.75, 3.05) is 20.3 Å². The van der Waals surface area contributed by atoms with Crippen LogP contribution in [0.1, 0.15) is 15.9 Å². The van der Waals surface area contributed by atoms with Gasteiger partial charge in [0.2, 0.25) is 0 Å². The summed E-state index contributed by atoms with van der Waals surface area (Å²) in [5.41, 5.74) is 2.52. The first-order valence-electron chi connectivity index (χ1n) is 8.20. The number of aryl methyl sites for hydroxylation is 2. The number of aromatic nitrogens is 1. The number of benzene rings is 2. The molecule has 3 aromatic rings. The van der Waals surface area contributed by atoms with E-state index in [-0.39, 0.29) is 5.91 Å². The Morgan fingerprint density at radius 3 is 2.73 bits per heavy atom. The molecule has 0 N–H and O–H groups in total. The Balaban J connectivity index is 1.80. The summed E-state index contributed by atoms with van der Waals surface area (Å²) in [5, 5.41) is 0. The van der Waals surface area contributed by atoms with E-state index in [0.717, 1.165) is 21.5 Å². The van der Waals surface area contributed by atoms with E-state index < -0.39 is 0 Å². The smallest absolute Gasteiger partial charge is 0.279 e. The molecule has 1 aromatic heterocycles. The van der Waals surface area contributed by atoms with Crippen LogP contribution in [0.2, 0.25) is 0 Å². The fourth-order valence-corrected chi connectivity index (χ4v) is 4.05. The molecule has 0 aliphatic carbocycles. The highest BCUT2D eigenvalue weighted by molar-refractivity contribution is 7.16. The van der Waals surface area contributed by atoms with Crippen LogP contribution in [0.3, 0.4) is 0 Å². The lowest BCUT2D eigenvalue weighted by Gasteiger charge is -2.18. The van der Waals surface area contributed by atoms with E-state index in [9.17, 15) is 4.79 Å². The Bertz CT molecular complexity index is 1080. The standard InChI is InChI=1S/C19H18N2O4S/c1-11-4-6-14(23-3)16-17(11)26-19(21(16)2)20-18(22)12-5-7-13-15(10-12)25-9-8-24-13/h4-7,10H,8-9H2,1-3H3. The Hall–Kier alpha value is -2.80. The molecule has 4 rings (SSSR count). The van der Waals surface area contributed by atoms with E-state index in [0.29, 0.717) is 35.1 Å². The van der Waals surface area contributed by atoms with Crippen LogP contribution in [0.5, 0.6) is 17.2 Å². The third-order valence-corrected chi connectivity index (χ3v) is 5.58. The molecule has 0 saturated heterocycles. The molecule has 7 heteroatoms. The van der Waals surface area contributed by atoms with Gasteiger partial charge in [-0.25, -0.2) is 0 Å². The zero-order valence-corrected chi connectivity index (χ0v) is 15.6. The van der Waals surface area contributed by atoms with Gasteiger partial charge in [0.25, 0.3) is 5.91 Å². The molecule has 0 fully saturated rings. The summed E-state index contributed by atoms with van der Waals surface area (Å²) in [7, 11) is 3.52. The SMILES string of the molecule is COc1ccc(C)c2sc(=NC(=O)c3ccc4c(c3)OCCO4)n(C)c12. The van der Waals surface area contributed by atoms with Crippen molar-refractivity contribution in [1.29, 1.82) is 0 Å². The fourth-order valence-electron chi connectivity index (χ4n) is 2.95. The second-order valence-electron chi connectivity index (χ2n) is 5.98. The fraction of sp³-hybridized carbons (Fsp3) is 0.263. The maximum atomic E-state index is 12.7. The van der Waals surface area contributed by atoms with Crippen LogP contribution in [0.15, 0.2) is 35.3 Å². The van der Waals surface area contributed by atoms with Crippen LogP contribution >= 0.6 is 11.3 Å². The zero-order chi connectivity index (χ0) is 18.3. The van der Waals surface area contributed by atoms with E-state index >= 15 is 0 Å². The molecule has 1 aliphatic heterocycles. The Morgan fingerprint density at radius 2 is 1.96 bits per heavy atom. The number of fused-ring (bicyclic) bond motifs is 2. The second-order valence-corrected chi connectivity index (χ2v) is 6.96. The summed E-state index contributed by atoms with van der Waals surface area (Å²) >= 11 is 1.47. The van der Waals surface area contributed by atoms with Gasteiger partial charge in [-0.15, -0.1) is 0 Å². The van der Waals surface area contributed by atoms with Crippen LogP contribution in [0, 0.1) is 6.92 Å². The number of hydrogen-bond donors (Lipinski definition) is 0. The molecule has 26 heavy (non-hydrogen) atoms. The first-order chi connectivity index (χ1) is 12.6. The van der Waals surface area contributed by atoms with Gasteiger partial charge >= 0.3 is 0 Å². The predicted molar refractivity (Wildman–Crippen MR) is 99.4 cm³/mol. The lowest BCUT2D eigenvalue weighted by molar-refractivity contribution is 0.0996. The number of hydrogen-bond acceptors (Lipinski definition) is 5. The molecule has 2 heterocycles. The molecule has 0 bridgehead atoms. The van der Waals surface area contributed by atoms with Gasteiger partial charge in [-0.3, -0.25) is 4.79 Å². The number of amides is 1. The van der Waals surface area contributed by atoms with Gasteiger partial charge in [0.1, 0.15) is 24.5 Å². The molecule has 2 aromatic carbocycles. The van der Waals surface area contributed by atoms with E-state index in [1.807, 2.05) is 30.7 Å². The number of nitrogens with zero attached hydrogens (tertiary/aromatic N) is 2. The molecule has 0 atom stereocenters. The highest BCUT2D eigenvalue weighted by Gasteiger charge is 2.16. The maximum absolute atomic E-state index is 12.7. The Labute approximate surface area is 154 Å². The third-order valence-electron chi connectivity index (χ3n) is 4.31. The zero-order valence-electron chi connectivity index (χ0n) is 14.7. The van der Waals surface area contributed by atoms with Gasteiger partial charge in [0.05, 0.1) is 11.8 Å². The molecule has 0 unspecified atom stereocenters. The summed E-state index contributed by atoms with van der Waals surface area (Å²) < 4.78 is 19.4. The van der Waals surface area contributed by atoms with Crippen molar-refractivity contribution in [2.24, 2.45) is 12.0 Å². The first kappa shape index (κ1) is 16.7. The molecule has 6 nitrogen and oxygen atoms in total. The topological polar surface area (TPSA) is 62.1 Å². The molecule has 134 valence electrons. The van der Waals surface area contributed by atoms with Gasteiger partial charge < -0.3 is 18.8 Å². The number of carbonyl (C=O) groups is 1. The van der Waals surface area contributed by atoms with Crippen LogP contribution < -0.4 is 19.0 Å². The van der Waals surface area contributed by atoms with Crippen LogP contribution in [-0.4, -0.2) is 30.8 Å². The average Bonchev–Trinajstić information content (AvgIpc) is 2.99. The molecular weight excluding hydrogens is 352 g/mol. The molecule has 0 saturated carbocycles. The normalized spacial score (nSPS) is 13.9. The average molecular weight is 370 g/mol. The maximum Gasteiger partial charge on any atom is 0.279 e. The van der Waals surface area contributed by atoms with E-state index in [2.05, 4.69) is 4.99 Å². The third kappa shape index (κ3) is 2.74. The van der Waals surface area contributed by atoms with Crippen molar-refractivity contribution in [2.45, 2.75) is 6.92 Å². The quantitative estimate of drug-likeness (QED) is 0.696. The second kappa shape index (κ2) is 6.49. The van der Waals surface area contributed by atoms with E-state index in [4.69, 9.17) is 14.2 Å². The lowest BCUT2D eigenvalue weighted by atomic mass is 10.2. The Kier molecular flexibility index (Phi) is 4.16. The Morgan fingerprint density at radius 1 is 1.19 bits per heavy atom. The molecule has 1 amide bonds. The van der Waals surface area contributed by atoms with E-state index in [1.165, 1.54) is 11.3 Å². The number of carbonyl (C=O) groups excluding carboxylic acids is 1. The van der Waals surface area contributed by atoms with Crippen molar-refractivity contribution in [3.8, 4) is 17.2 Å². The monoisotopic (exact) mass is 370 g/mol. The largest absolute Gasteiger partial charge is 0.495 e. The minimum atomic E-state index is -0.319. The minimum absolute atomic E-state index is 0.319. The summed E-state index contributed by atoms with van der Waals surface area (Å²) in [6.07, 6.45) is 0. The van der Waals surface area contributed by atoms with Crippen molar-refractivity contribution >= 4 is 27.5 Å². The molecule has 1 aliphatic rings. The van der Waals surface area contributed by atoms with Gasteiger partial charge in [-0.05, 0) is 36.8 Å². The van der Waals surface area contributed by atoms with E-state index in [1.54, 1.807) is 25.3 Å². The van der Waals surface area contributed by atoms with Crippen LogP contribution in [-0.2, 0) is 7.05 Å². The number of methoxy groups -OCH3 is 1. The molecule has 0 spiro atoms. The summed E-state index contributed by atoms with van der Waals surface area (Å²) in [6, 6.07) is 9.06. The van der Waals surface area contributed by atoms with Crippen LogP contribution in [0.4, 0.5) is 0 Å². The first-order valence-corrected chi connectivity index (χ1v) is 9.02. The van der Waals surface area contributed by atoms with Crippen molar-refractivity contribution in [3.05, 3.63) is 46.3 Å². The minimum Gasteiger partial charge on any atom is -0.495 e. The molecular formula is C19H18N2O4S. The van der Waals surface area contributed by atoms with Crippen molar-refractivity contribution in [1.82, 2.24) is 4.57 Å². The predicted octanol–water partition coefficient (Wildman–Crippen LogP) is 3.07. The number of ether oxygens (including phenoxy) is 3. The molecule has 0 radical (unpaired) electrons. The van der Waals surface area contributed by atoms with Gasteiger partial charge in [-0.2, -0.15) is 4.99 Å². The van der Waals surface area contributed by atoms with Crippen molar-refractivity contribution < 1.29 is 19.0 Å². The lowest BCUT2D eigenvalue weighted by Crippen LogP contribution is -2.16. The highest BCUT2D eigenvalue weighted by atomic mass is 32.1. The van der Waals surface area contributed by atoms with Gasteiger partial charge in [0, 0.05) is 12.6 Å². The van der Waals surface area contributed by atoms with Crippen molar-refractivity contribution in [3.63, 3.8) is 0 Å². The summed E-state index contributed by atoms with van der Waals surface area (Å²) in [6.45, 7) is 3.03. The number of rotatable bonds is 2. The number of thiazole rings is 1. The van der Waals surface area contributed by atoms with Gasteiger partial charge in [-0.1, -0.05) is 17.4 Å². The van der Waals surface area contributed by atoms with Crippen LogP contribution in [0.25, 0.3) is 10.2 Å². The van der Waals surface area contributed by atoms with Gasteiger partial charge in [0.15, 0.2) is 16.3 Å².